The lowest BCUT2D eigenvalue weighted by Gasteiger charge is -2.07. The third-order valence-corrected chi connectivity index (χ3v) is 5.63. The number of aryl methyl sites for hydroxylation is 1. The Balaban J connectivity index is 1.02. The standard InChI is InChI=1S/C26H27N7O2/c27-25-9-3-18-15-21(5-7-23(18)29-25)34-13-2-1-12-33-17-20(31-32-33)11-14-35-22-6-8-24-19(16-22)4-10-26(28)30-24/h3-10,15-17H,1-2,11-14H2,(H2,27,29)(H2,28,30). The van der Waals surface area contributed by atoms with E-state index in [0.717, 1.165) is 58.4 Å². The summed E-state index contributed by atoms with van der Waals surface area (Å²) in [5.41, 5.74) is 14.1. The lowest BCUT2D eigenvalue weighted by Crippen LogP contribution is -2.03. The minimum Gasteiger partial charge on any atom is -0.494 e. The smallest absolute Gasteiger partial charge is 0.124 e. The minimum atomic E-state index is 0.510. The average Bonchev–Trinajstić information content (AvgIpc) is 3.31. The number of nitrogen functional groups attached to an aromatic ring is 2. The van der Waals surface area contributed by atoms with Gasteiger partial charge in [0.05, 0.1) is 29.9 Å². The van der Waals surface area contributed by atoms with Crippen molar-refractivity contribution in [3.8, 4) is 11.5 Å². The number of fused-ring (bicyclic) bond motifs is 2. The van der Waals surface area contributed by atoms with Crippen molar-refractivity contribution in [2.45, 2.75) is 25.8 Å². The Labute approximate surface area is 202 Å². The van der Waals surface area contributed by atoms with Crippen LogP contribution in [0, 0.1) is 0 Å². The molecule has 9 nitrogen and oxygen atoms in total. The van der Waals surface area contributed by atoms with E-state index in [1.165, 1.54) is 0 Å². The maximum atomic E-state index is 5.88. The largest absolute Gasteiger partial charge is 0.494 e. The molecule has 2 aromatic carbocycles. The first-order chi connectivity index (χ1) is 17.1. The summed E-state index contributed by atoms with van der Waals surface area (Å²) in [6, 6.07) is 19.1. The van der Waals surface area contributed by atoms with E-state index < -0.39 is 0 Å². The van der Waals surface area contributed by atoms with Crippen molar-refractivity contribution in [2.75, 3.05) is 24.7 Å². The molecule has 0 fully saturated rings. The summed E-state index contributed by atoms with van der Waals surface area (Å²) in [7, 11) is 0. The van der Waals surface area contributed by atoms with E-state index in [1.807, 2.05) is 59.4 Å². The van der Waals surface area contributed by atoms with Crippen LogP contribution in [-0.4, -0.2) is 38.2 Å². The normalized spacial score (nSPS) is 11.2. The molecule has 0 aliphatic rings. The highest BCUT2D eigenvalue weighted by Crippen LogP contribution is 2.22. The highest BCUT2D eigenvalue weighted by Gasteiger charge is 2.04. The SMILES string of the molecule is Nc1ccc2cc(OCCCCn3cc(CCOc4ccc5nc(N)ccc5c4)nn3)ccc2n1. The summed E-state index contributed by atoms with van der Waals surface area (Å²) < 4.78 is 13.6. The molecule has 0 spiro atoms. The number of benzene rings is 2. The van der Waals surface area contributed by atoms with E-state index in [2.05, 4.69) is 20.3 Å². The fourth-order valence-electron chi connectivity index (χ4n) is 3.82. The number of unbranched alkanes of at least 4 members (excludes halogenated alkanes) is 1. The molecule has 0 aliphatic carbocycles. The Bertz CT molecular complexity index is 1450. The van der Waals surface area contributed by atoms with Gasteiger partial charge in [-0.3, -0.25) is 4.68 Å². The van der Waals surface area contributed by atoms with E-state index in [4.69, 9.17) is 20.9 Å². The first-order valence-corrected chi connectivity index (χ1v) is 11.6. The van der Waals surface area contributed by atoms with Gasteiger partial charge in [-0.1, -0.05) is 5.21 Å². The zero-order chi connectivity index (χ0) is 24.0. The molecule has 4 N–H and O–H groups in total. The summed E-state index contributed by atoms with van der Waals surface area (Å²) in [4.78, 5) is 8.60. The van der Waals surface area contributed by atoms with Gasteiger partial charge in [0, 0.05) is 29.9 Å². The van der Waals surface area contributed by atoms with Crippen molar-refractivity contribution in [3.05, 3.63) is 72.6 Å². The number of nitrogens with two attached hydrogens (primary N) is 2. The first-order valence-electron chi connectivity index (χ1n) is 11.6. The van der Waals surface area contributed by atoms with Crippen molar-refractivity contribution >= 4 is 33.4 Å². The second kappa shape index (κ2) is 10.3. The molecule has 9 heteroatoms. The molecule has 0 unspecified atom stereocenters. The van der Waals surface area contributed by atoms with E-state index in [0.29, 0.717) is 31.3 Å². The second-order valence-corrected chi connectivity index (χ2v) is 8.31. The Hall–Kier alpha value is -4.40. The van der Waals surface area contributed by atoms with Crippen molar-refractivity contribution in [1.29, 1.82) is 0 Å². The molecule has 0 saturated carbocycles. The third kappa shape index (κ3) is 5.75. The molecule has 5 rings (SSSR count). The average molecular weight is 470 g/mol. The number of rotatable bonds is 10. The summed E-state index contributed by atoms with van der Waals surface area (Å²) in [6.07, 6.45) is 4.52. The van der Waals surface area contributed by atoms with Gasteiger partial charge in [-0.25, -0.2) is 9.97 Å². The van der Waals surface area contributed by atoms with Crippen molar-refractivity contribution < 1.29 is 9.47 Å². The fourth-order valence-corrected chi connectivity index (χ4v) is 3.82. The molecule has 0 radical (unpaired) electrons. The number of ether oxygens (including phenoxy) is 2. The van der Waals surface area contributed by atoms with Crippen LogP contribution < -0.4 is 20.9 Å². The molecule has 0 atom stereocenters. The molecule has 0 aliphatic heterocycles. The maximum absolute atomic E-state index is 5.88. The van der Waals surface area contributed by atoms with Crippen LogP contribution >= 0.6 is 0 Å². The van der Waals surface area contributed by atoms with Gasteiger partial charge in [0.1, 0.15) is 23.1 Å². The molecule has 0 saturated heterocycles. The molecule has 178 valence electrons. The summed E-state index contributed by atoms with van der Waals surface area (Å²) in [6.45, 7) is 1.95. The van der Waals surface area contributed by atoms with Gasteiger partial charge in [-0.05, 0) is 73.5 Å². The van der Waals surface area contributed by atoms with Gasteiger partial charge in [-0.2, -0.15) is 0 Å². The molecule has 5 aromatic rings. The van der Waals surface area contributed by atoms with Crippen molar-refractivity contribution in [3.63, 3.8) is 0 Å². The quantitative estimate of drug-likeness (QED) is 0.294. The second-order valence-electron chi connectivity index (χ2n) is 8.31. The number of anilines is 2. The Morgan fingerprint density at radius 3 is 2.00 bits per heavy atom. The lowest BCUT2D eigenvalue weighted by atomic mass is 10.2. The Morgan fingerprint density at radius 1 is 0.714 bits per heavy atom. The van der Waals surface area contributed by atoms with Crippen LogP contribution in [-0.2, 0) is 13.0 Å². The van der Waals surface area contributed by atoms with Gasteiger partial charge in [-0.15, -0.1) is 5.10 Å². The predicted octanol–water partition coefficient (Wildman–Crippen LogP) is 4.02. The zero-order valence-electron chi connectivity index (χ0n) is 19.3. The third-order valence-electron chi connectivity index (χ3n) is 5.63. The monoisotopic (exact) mass is 469 g/mol. The molecule has 0 bridgehead atoms. The molecule has 3 heterocycles. The van der Waals surface area contributed by atoms with Crippen LogP contribution in [0.1, 0.15) is 18.5 Å². The van der Waals surface area contributed by atoms with E-state index in [1.54, 1.807) is 12.1 Å². The summed E-state index contributed by atoms with van der Waals surface area (Å²) >= 11 is 0. The van der Waals surface area contributed by atoms with Crippen LogP contribution in [0.15, 0.2) is 66.9 Å². The fraction of sp³-hybridized carbons (Fsp3) is 0.231. The van der Waals surface area contributed by atoms with Gasteiger partial charge in [0.15, 0.2) is 0 Å². The van der Waals surface area contributed by atoms with Crippen molar-refractivity contribution in [2.24, 2.45) is 0 Å². The van der Waals surface area contributed by atoms with Gasteiger partial charge >= 0.3 is 0 Å². The molecule has 0 amide bonds. The number of hydrogen-bond acceptors (Lipinski definition) is 8. The minimum absolute atomic E-state index is 0.510. The zero-order valence-corrected chi connectivity index (χ0v) is 19.3. The molecule has 35 heavy (non-hydrogen) atoms. The van der Waals surface area contributed by atoms with E-state index in [-0.39, 0.29) is 0 Å². The van der Waals surface area contributed by atoms with E-state index in [9.17, 15) is 0 Å². The van der Waals surface area contributed by atoms with Crippen LogP contribution in [0.25, 0.3) is 21.8 Å². The van der Waals surface area contributed by atoms with Crippen LogP contribution in [0.5, 0.6) is 11.5 Å². The van der Waals surface area contributed by atoms with Crippen LogP contribution in [0.3, 0.4) is 0 Å². The topological polar surface area (TPSA) is 127 Å². The Morgan fingerprint density at radius 2 is 1.34 bits per heavy atom. The van der Waals surface area contributed by atoms with Gasteiger partial charge in [0.2, 0.25) is 0 Å². The number of aromatic nitrogens is 5. The molecular weight excluding hydrogens is 442 g/mol. The van der Waals surface area contributed by atoms with Crippen molar-refractivity contribution in [1.82, 2.24) is 25.0 Å². The van der Waals surface area contributed by atoms with Gasteiger partial charge < -0.3 is 20.9 Å². The highest BCUT2D eigenvalue weighted by atomic mass is 16.5. The Kier molecular flexibility index (Phi) is 6.56. The number of nitrogens with zero attached hydrogens (tertiary/aromatic N) is 5. The first kappa shape index (κ1) is 22.4. The number of pyridine rings is 2. The van der Waals surface area contributed by atoms with Crippen LogP contribution in [0.4, 0.5) is 11.6 Å². The predicted molar refractivity (Wildman–Crippen MR) is 136 cm³/mol. The van der Waals surface area contributed by atoms with E-state index >= 15 is 0 Å². The number of hydrogen-bond donors (Lipinski definition) is 2. The molecule has 3 aromatic heterocycles. The van der Waals surface area contributed by atoms with Gasteiger partial charge in [0.25, 0.3) is 0 Å². The van der Waals surface area contributed by atoms with Crippen LogP contribution in [0.2, 0.25) is 0 Å². The lowest BCUT2D eigenvalue weighted by molar-refractivity contribution is 0.302. The summed E-state index contributed by atoms with van der Waals surface area (Å²) in [5.74, 6) is 2.65. The molecular formula is C26H27N7O2. The maximum Gasteiger partial charge on any atom is 0.124 e. The highest BCUT2D eigenvalue weighted by molar-refractivity contribution is 5.82. The summed E-state index contributed by atoms with van der Waals surface area (Å²) in [5, 5.41) is 10.5.